The lowest BCUT2D eigenvalue weighted by atomic mass is 9.76. The van der Waals surface area contributed by atoms with Crippen molar-refractivity contribution >= 4 is 21.9 Å². The highest BCUT2D eigenvalue weighted by Crippen LogP contribution is 2.65. The fourth-order valence-corrected chi connectivity index (χ4v) is 7.09. The van der Waals surface area contributed by atoms with Crippen LogP contribution in [0.2, 0.25) is 0 Å². The average Bonchev–Trinajstić information content (AvgIpc) is 3.03. The minimum absolute atomic E-state index is 0.00532. The number of ether oxygens (including phenoxy) is 1. The lowest BCUT2D eigenvalue weighted by Gasteiger charge is -2.32. The minimum atomic E-state index is -4.68. The molecular formula is C21H30O6S. The van der Waals surface area contributed by atoms with Crippen molar-refractivity contribution < 1.29 is 27.3 Å². The van der Waals surface area contributed by atoms with Crippen molar-refractivity contribution in [3.63, 3.8) is 0 Å². The molecule has 5 aliphatic carbocycles. The summed E-state index contributed by atoms with van der Waals surface area (Å²) in [5.74, 6) is 0.716. The van der Waals surface area contributed by atoms with Gasteiger partial charge in [0.15, 0.2) is 5.78 Å². The maximum Gasteiger partial charge on any atom is 0.330 e. The van der Waals surface area contributed by atoms with E-state index in [1.165, 1.54) is 19.3 Å². The standard InChI is InChI=1S/C21H30O6S/c22-18(16-4-2-1-3-5-16)6-7-19(28(24,25)26)20(23)27-13-21-11-14-8-15(12-21)10-17(21)9-14/h6-7,14-17,19H,1-5,8-13H2,(H,24,25,26)/b7-6-. The maximum atomic E-state index is 12.5. The van der Waals surface area contributed by atoms with Crippen molar-refractivity contribution in [2.75, 3.05) is 6.61 Å². The first-order valence-corrected chi connectivity index (χ1v) is 12.1. The van der Waals surface area contributed by atoms with E-state index in [-0.39, 0.29) is 23.7 Å². The summed E-state index contributed by atoms with van der Waals surface area (Å²) in [5, 5.41) is -1.83. The van der Waals surface area contributed by atoms with E-state index in [2.05, 4.69) is 0 Å². The summed E-state index contributed by atoms with van der Waals surface area (Å²) in [6.07, 6.45) is 12.6. The molecule has 28 heavy (non-hydrogen) atoms. The first-order chi connectivity index (χ1) is 13.3. The Morgan fingerprint density at radius 2 is 1.71 bits per heavy atom. The molecule has 5 rings (SSSR count). The summed E-state index contributed by atoms with van der Waals surface area (Å²) < 4.78 is 38.4. The van der Waals surface area contributed by atoms with Crippen LogP contribution < -0.4 is 0 Å². The van der Waals surface area contributed by atoms with Crippen LogP contribution in [0.5, 0.6) is 0 Å². The molecular weight excluding hydrogens is 380 g/mol. The lowest BCUT2D eigenvalue weighted by molar-refractivity contribution is -0.146. The van der Waals surface area contributed by atoms with Gasteiger partial charge in [0.2, 0.25) is 5.25 Å². The van der Waals surface area contributed by atoms with Crippen molar-refractivity contribution in [1.82, 2.24) is 0 Å². The molecule has 0 aromatic rings. The average molecular weight is 411 g/mol. The fourth-order valence-electron chi connectivity index (χ4n) is 6.50. The number of carbonyl (C=O) groups is 2. The van der Waals surface area contributed by atoms with Crippen LogP contribution in [-0.4, -0.2) is 36.6 Å². The molecule has 156 valence electrons. The van der Waals surface area contributed by atoms with Crippen LogP contribution in [0.3, 0.4) is 0 Å². The SMILES string of the molecule is O=C(/C=C\C(C(=O)OCC12CC3CC(CC1C3)C2)S(=O)(=O)O)C1CCCCC1. The van der Waals surface area contributed by atoms with Gasteiger partial charge in [-0.15, -0.1) is 0 Å². The van der Waals surface area contributed by atoms with Gasteiger partial charge in [0.05, 0.1) is 6.61 Å². The van der Waals surface area contributed by atoms with Crippen LogP contribution in [0.4, 0.5) is 0 Å². The Morgan fingerprint density at radius 1 is 1.07 bits per heavy atom. The van der Waals surface area contributed by atoms with E-state index in [4.69, 9.17) is 4.74 Å². The van der Waals surface area contributed by atoms with Gasteiger partial charge in [-0.1, -0.05) is 19.3 Å². The Labute approximate surface area is 166 Å². The molecule has 0 saturated heterocycles. The Kier molecular flexibility index (Phi) is 5.42. The largest absolute Gasteiger partial charge is 0.464 e. The Hall–Kier alpha value is -1.21. The normalized spacial score (nSPS) is 36.1. The quantitative estimate of drug-likeness (QED) is 0.393. The Balaban J connectivity index is 1.39. The number of allylic oxidation sites excluding steroid dienone is 1. The van der Waals surface area contributed by atoms with E-state index < -0.39 is 21.3 Å². The van der Waals surface area contributed by atoms with Crippen LogP contribution in [0, 0.1) is 29.1 Å². The third kappa shape index (κ3) is 3.92. The van der Waals surface area contributed by atoms with Crippen molar-refractivity contribution in [3.8, 4) is 0 Å². The smallest absolute Gasteiger partial charge is 0.330 e. The molecule has 0 spiro atoms. The molecule has 3 unspecified atom stereocenters. The number of hydrogen-bond donors (Lipinski definition) is 1. The highest BCUT2D eigenvalue weighted by Gasteiger charge is 2.58. The van der Waals surface area contributed by atoms with E-state index in [1.807, 2.05) is 0 Å². The van der Waals surface area contributed by atoms with Crippen LogP contribution in [0.1, 0.15) is 64.2 Å². The zero-order valence-corrected chi connectivity index (χ0v) is 17.0. The molecule has 5 saturated carbocycles. The third-order valence-corrected chi connectivity index (χ3v) is 8.65. The summed E-state index contributed by atoms with van der Waals surface area (Å²) in [6, 6.07) is 0. The zero-order chi connectivity index (χ0) is 19.9. The molecule has 0 radical (unpaired) electrons. The molecule has 0 aliphatic heterocycles. The monoisotopic (exact) mass is 410 g/mol. The van der Waals surface area contributed by atoms with Crippen LogP contribution in [-0.2, 0) is 24.4 Å². The topological polar surface area (TPSA) is 97.7 Å². The Morgan fingerprint density at radius 3 is 2.32 bits per heavy atom. The molecule has 0 amide bonds. The van der Waals surface area contributed by atoms with Crippen LogP contribution in [0.15, 0.2) is 12.2 Å². The summed E-state index contributed by atoms with van der Waals surface area (Å²) in [7, 11) is -4.68. The number of carbonyl (C=O) groups excluding carboxylic acids is 2. The van der Waals surface area contributed by atoms with Gasteiger partial charge >= 0.3 is 5.97 Å². The van der Waals surface area contributed by atoms with Gasteiger partial charge in [0, 0.05) is 11.3 Å². The van der Waals surface area contributed by atoms with Gasteiger partial charge in [0.25, 0.3) is 10.1 Å². The van der Waals surface area contributed by atoms with E-state index >= 15 is 0 Å². The van der Waals surface area contributed by atoms with E-state index in [1.54, 1.807) is 0 Å². The van der Waals surface area contributed by atoms with Crippen molar-refractivity contribution in [2.24, 2.45) is 29.1 Å². The number of hydrogen-bond acceptors (Lipinski definition) is 5. The number of rotatable bonds is 7. The molecule has 6 nitrogen and oxygen atoms in total. The fraction of sp³-hybridized carbons (Fsp3) is 0.810. The molecule has 7 heteroatoms. The number of ketones is 1. The van der Waals surface area contributed by atoms with Gasteiger partial charge in [-0.3, -0.25) is 14.1 Å². The summed E-state index contributed by atoms with van der Waals surface area (Å²) in [6.45, 7) is 0.222. The van der Waals surface area contributed by atoms with Gasteiger partial charge in [-0.05, 0) is 74.9 Å². The summed E-state index contributed by atoms with van der Waals surface area (Å²) >= 11 is 0. The predicted molar refractivity (Wildman–Crippen MR) is 103 cm³/mol. The first-order valence-electron chi connectivity index (χ1n) is 10.6. The first kappa shape index (κ1) is 20.1. The predicted octanol–water partition coefficient (Wildman–Crippen LogP) is 3.32. The molecule has 1 N–H and O–H groups in total. The van der Waals surface area contributed by atoms with Crippen LogP contribution in [0.25, 0.3) is 0 Å². The number of esters is 1. The van der Waals surface area contributed by atoms with Gasteiger partial charge in [-0.25, -0.2) is 0 Å². The van der Waals surface area contributed by atoms with E-state index in [0.29, 0.717) is 17.8 Å². The molecule has 0 aromatic heterocycles. The second-order valence-electron chi connectivity index (χ2n) is 9.55. The third-order valence-electron chi connectivity index (χ3n) is 7.66. The highest BCUT2D eigenvalue weighted by molar-refractivity contribution is 7.87. The second kappa shape index (κ2) is 7.56. The molecule has 3 atom stereocenters. The maximum absolute atomic E-state index is 12.5. The zero-order valence-electron chi connectivity index (χ0n) is 16.2. The molecule has 5 aliphatic rings. The van der Waals surface area contributed by atoms with Crippen molar-refractivity contribution in [3.05, 3.63) is 12.2 Å². The lowest BCUT2D eigenvalue weighted by Crippen LogP contribution is -2.35. The van der Waals surface area contributed by atoms with Crippen LogP contribution >= 0.6 is 0 Å². The van der Waals surface area contributed by atoms with Crippen molar-refractivity contribution in [1.29, 1.82) is 0 Å². The second-order valence-corrected chi connectivity index (χ2v) is 11.1. The van der Waals surface area contributed by atoms with Gasteiger partial charge in [-0.2, -0.15) is 8.42 Å². The Bertz CT molecular complexity index is 750. The van der Waals surface area contributed by atoms with E-state index in [0.717, 1.165) is 57.1 Å². The summed E-state index contributed by atoms with van der Waals surface area (Å²) in [4.78, 5) is 24.8. The van der Waals surface area contributed by atoms with E-state index in [9.17, 15) is 22.6 Å². The summed E-state index contributed by atoms with van der Waals surface area (Å²) in [5.41, 5.74) is -0.00532. The molecule has 0 heterocycles. The minimum Gasteiger partial charge on any atom is -0.464 e. The molecule has 5 fully saturated rings. The van der Waals surface area contributed by atoms with Gasteiger partial charge in [0.1, 0.15) is 0 Å². The molecule has 4 bridgehead atoms. The van der Waals surface area contributed by atoms with Gasteiger partial charge < -0.3 is 4.74 Å². The highest BCUT2D eigenvalue weighted by atomic mass is 32.2. The van der Waals surface area contributed by atoms with Crippen molar-refractivity contribution in [2.45, 2.75) is 69.5 Å². The molecule has 0 aromatic carbocycles.